The minimum Gasteiger partial charge on any atom is -0.466 e. The van der Waals surface area contributed by atoms with Gasteiger partial charge in [-0.25, -0.2) is 4.79 Å². The van der Waals surface area contributed by atoms with Gasteiger partial charge in [0, 0.05) is 11.8 Å². The Balaban J connectivity index is 0.000000921. The molecule has 1 aromatic rings. The van der Waals surface area contributed by atoms with Crippen LogP contribution in [0.3, 0.4) is 0 Å². The predicted molar refractivity (Wildman–Crippen MR) is 63.3 cm³/mol. The largest absolute Gasteiger partial charge is 0.466 e. The second-order valence-corrected chi connectivity index (χ2v) is 2.53. The van der Waals surface area contributed by atoms with E-state index in [0.29, 0.717) is 5.69 Å². The van der Waals surface area contributed by atoms with Crippen LogP contribution in [-0.4, -0.2) is 13.1 Å². The predicted octanol–water partition coefficient (Wildman–Crippen LogP) is 2.48. The van der Waals surface area contributed by atoms with Gasteiger partial charge in [0.25, 0.3) is 0 Å². The molecular weight excluding hydrogens is 190 g/mol. The number of nitrogen functional groups attached to an aromatic ring is 1. The van der Waals surface area contributed by atoms with Crippen LogP contribution < -0.4 is 5.73 Å². The number of methoxy groups -OCH3 is 1. The van der Waals surface area contributed by atoms with Crippen molar-refractivity contribution in [2.24, 2.45) is 0 Å². The zero-order valence-corrected chi connectivity index (χ0v) is 9.36. The van der Waals surface area contributed by atoms with E-state index in [2.05, 4.69) is 4.74 Å². The first-order chi connectivity index (χ1) is 7.22. The van der Waals surface area contributed by atoms with Crippen molar-refractivity contribution in [2.75, 3.05) is 12.8 Å². The maximum Gasteiger partial charge on any atom is 0.330 e. The fourth-order valence-electron chi connectivity index (χ4n) is 0.895. The minimum atomic E-state index is -0.373. The van der Waals surface area contributed by atoms with Crippen molar-refractivity contribution in [1.82, 2.24) is 0 Å². The highest BCUT2D eigenvalue weighted by Crippen LogP contribution is 2.07. The fourth-order valence-corrected chi connectivity index (χ4v) is 0.895. The number of anilines is 1. The van der Waals surface area contributed by atoms with E-state index >= 15 is 0 Å². The van der Waals surface area contributed by atoms with Crippen molar-refractivity contribution < 1.29 is 9.53 Å². The lowest BCUT2D eigenvalue weighted by atomic mass is 10.2. The summed E-state index contributed by atoms with van der Waals surface area (Å²) in [6.07, 6.45) is 3.01. The van der Waals surface area contributed by atoms with E-state index in [-0.39, 0.29) is 5.97 Å². The van der Waals surface area contributed by atoms with E-state index in [1.807, 2.05) is 26.0 Å². The average molecular weight is 207 g/mol. The van der Waals surface area contributed by atoms with Gasteiger partial charge in [-0.2, -0.15) is 0 Å². The number of carbonyl (C=O) groups excluding carboxylic acids is 1. The Morgan fingerprint density at radius 1 is 1.40 bits per heavy atom. The summed E-state index contributed by atoms with van der Waals surface area (Å²) in [5.74, 6) is -0.373. The van der Waals surface area contributed by atoms with Crippen molar-refractivity contribution in [1.29, 1.82) is 0 Å². The number of carbonyl (C=O) groups is 1. The molecule has 0 aliphatic rings. The third kappa shape index (κ3) is 5.52. The summed E-state index contributed by atoms with van der Waals surface area (Å²) in [5.41, 5.74) is 7.10. The topological polar surface area (TPSA) is 52.3 Å². The molecule has 0 aromatic heterocycles. The first kappa shape index (κ1) is 13.2. The minimum absolute atomic E-state index is 0.373. The number of benzene rings is 1. The fraction of sp³-hybridized carbons (Fsp3) is 0.250. The van der Waals surface area contributed by atoms with Crippen LogP contribution in [-0.2, 0) is 9.53 Å². The van der Waals surface area contributed by atoms with Crippen molar-refractivity contribution in [2.45, 2.75) is 13.8 Å². The number of esters is 1. The van der Waals surface area contributed by atoms with E-state index < -0.39 is 0 Å². The number of nitrogens with two attached hydrogens (primary N) is 1. The van der Waals surface area contributed by atoms with Crippen LogP contribution in [0, 0.1) is 0 Å². The van der Waals surface area contributed by atoms with Gasteiger partial charge in [-0.15, -0.1) is 0 Å². The molecule has 0 radical (unpaired) electrons. The summed E-state index contributed by atoms with van der Waals surface area (Å²) >= 11 is 0. The molecule has 0 aliphatic heterocycles. The normalized spacial score (nSPS) is 9.27. The third-order valence-electron chi connectivity index (χ3n) is 1.52. The molecule has 0 amide bonds. The molecule has 15 heavy (non-hydrogen) atoms. The molecule has 1 aromatic carbocycles. The van der Waals surface area contributed by atoms with Crippen LogP contribution >= 0.6 is 0 Å². The molecule has 0 aliphatic carbocycles. The highest BCUT2D eigenvalue weighted by molar-refractivity contribution is 5.87. The van der Waals surface area contributed by atoms with Gasteiger partial charge < -0.3 is 10.5 Å². The molecule has 0 unspecified atom stereocenters. The third-order valence-corrected chi connectivity index (χ3v) is 1.52. The molecule has 82 valence electrons. The second kappa shape index (κ2) is 7.62. The molecule has 0 heterocycles. The summed E-state index contributed by atoms with van der Waals surface area (Å²) in [5, 5.41) is 0. The maximum atomic E-state index is 10.7. The Hall–Kier alpha value is -1.77. The van der Waals surface area contributed by atoms with Gasteiger partial charge in [-0.3, -0.25) is 0 Å². The molecule has 2 N–H and O–H groups in total. The number of rotatable bonds is 2. The van der Waals surface area contributed by atoms with Crippen LogP contribution in [0.4, 0.5) is 5.69 Å². The molecule has 0 atom stereocenters. The quantitative estimate of drug-likeness (QED) is 0.460. The Morgan fingerprint density at radius 2 is 2.07 bits per heavy atom. The Morgan fingerprint density at radius 3 is 2.60 bits per heavy atom. The number of hydrogen-bond acceptors (Lipinski definition) is 3. The summed E-state index contributed by atoms with van der Waals surface area (Å²) < 4.78 is 4.45. The van der Waals surface area contributed by atoms with E-state index in [1.165, 1.54) is 13.2 Å². The maximum absolute atomic E-state index is 10.7. The first-order valence-corrected chi connectivity index (χ1v) is 4.84. The van der Waals surface area contributed by atoms with Crippen molar-refractivity contribution >= 4 is 17.7 Å². The molecular formula is C12H17NO2. The zero-order valence-electron chi connectivity index (χ0n) is 9.36. The van der Waals surface area contributed by atoms with Gasteiger partial charge in [0.2, 0.25) is 0 Å². The lowest BCUT2D eigenvalue weighted by Crippen LogP contribution is -1.93. The van der Waals surface area contributed by atoms with E-state index in [9.17, 15) is 4.79 Å². The lowest BCUT2D eigenvalue weighted by molar-refractivity contribution is -0.134. The van der Waals surface area contributed by atoms with E-state index in [4.69, 9.17) is 5.73 Å². The first-order valence-electron chi connectivity index (χ1n) is 4.84. The van der Waals surface area contributed by atoms with Gasteiger partial charge in [0.15, 0.2) is 0 Å². The highest BCUT2D eigenvalue weighted by Gasteiger charge is 1.91. The Kier molecular flexibility index (Phi) is 6.72. The van der Waals surface area contributed by atoms with Crippen LogP contribution in [0.25, 0.3) is 6.08 Å². The van der Waals surface area contributed by atoms with Crippen molar-refractivity contribution in [3.63, 3.8) is 0 Å². The molecule has 0 bridgehead atoms. The summed E-state index contributed by atoms with van der Waals surface area (Å²) in [7, 11) is 1.34. The second-order valence-electron chi connectivity index (χ2n) is 2.53. The van der Waals surface area contributed by atoms with Crippen molar-refractivity contribution in [3.8, 4) is 0 Å². The highest BCUT2D eigenvalue weighted by atomic mass is 16.5. The average Bonchev–Trinajstić information content (AvgIpc) is 2.29. The molecule has 0 saturated carbocycles. The van der Waals surface area contributed by atoms with Gasteiger partial charge in [0.1, 0.15) is 0 Å². The summed E-state index contributed by atoms with van der Waals surface area (Å²) in [4.78, 5) is 10.7. The van der Waals surface area contributed by atoms with Crippen LogP contribution in [0.5, 0.6) is 0 Å². The standard InChI is InChI=1S/C10H11NO2.C2H6/c1-13-10(12)6-5-8-3-2-4-9(11)7-8;1-2/h2-7H,11H2,1H3;1-2H3/b6-5+;. The Bertz CT molecular complexity index is 332. The van der Waals surface area contributed by atoms with Gasteiger partial charge in [-0.1, -0.05) is 26.0 Å². The monoisotopic (exact) mass is 207 g/mol. The van der Waals surface area contributed by atoms with Crippen LogP contribution in [0.1, 0.15) is 19.4 Å². The van der Waals surface area contributed by atoms with Crippen LogP contribution in [0.2, 0.25) is 0 Å². The summed E-state index contributed by atoms with van der Waals surface area (Å²) in [6.45, 7) is 4.00. The van der Waals surface area contributed by atoms with E-state index in [1.54, 1.807) is 18.2 Å². The number of ether oxygens (including phenoxy) is 1. The van der Waals surface area contributed by atoms with Crippen molar-refractivity contribution in [3.05, 3.63) is 35.9 Å². The lowest BCUT2D eigenvalue weighted by Gasteiger charge is -1.95. The smallest absolute Gasteiger partial charge is 0.330 e. The van der Waals surface area contributed by atoms with Gasteiger partial charge >= 0.3 is 5.97 Å². The van der Waals surface area contributed by atoms with Crippen LogP contribution in [0.15, 0.2) is 30.3 Å². The number of hydrogen-bond donors (Lipinski definition) is 1. The van der Waals surface area contributed by atoms with E-state index in [0.717, 1.165) is 5.56 Å². The molecule has 1 rings (SSSR count). The van der Waals surface area contributed by atoms with Gasteiger partial charge in [0.05, 0.1) is 7.11 Å². The Labute approximate surface area is 90.6 Å². The molecule has 0 fully saturated rings. The molecule has 0 saturated heterocycles. The summed E-state index contributed by atoms with van der Waals surface area (Å²) in [6, 6.07) is 7.25. The molecule has 3 nitrogen and oxygen atoms in total. The van der Waals surface area contributed by atoms with Gasteiger partial charge in [-0.05, 0) is 23.8 Å². The molecule has 0 spiro atoms. The molecule has 3 heteroatoms. The zero-order chi connectivity index (χ0) is 11.7. The SMILES string of the molecule is CC.COC(=O)/C=C/c1cccc(N)c1.